The molecule has 5 nitrogen and oxygen atoms in total. The molecule has 6 heteroatoms. The first-order valence-corrected chi connectivity index (χ1v) is 8.53. The van der Waals surface area contributed by atoms with E-state index in [2.05, 4.69) is 10.2 Å². The Hall–Kier alpha value is -1.43. The first kappa shape index (κ1) is 18.9. The average Bonchev–Trinajstić information content (AvgIpc) is 2.84. The van der Waals surface area contributed by atoms with Crippen molar-refractivity contribution in [3.8, 4) is 0 Å². The fourth-order valence-corrected chi connectivity index (χ4v) is 3.53. The van der Waals surface area contributed by atoms with Crippen LogP contribution in [-0.4, -0.2) is 61.4 Å². The Kier molecular flexibility index (Phi) is 6.78. The molecule has 0 spiro atoms. The monoisotopic (exact) mass is 351 g/mol. The predicted molar refractivity (Wildman–Crippen MR) is 96.8 cm³/mol. The molecule has 1 fully saturated rings. The summed E-state index contributed by atoms with van der Waals surface area (Å²) in [4.78, 5) is 28.4. The Bertz CT molecular complexity index is 550. The van der Waals surface area contributed by atoms with Crippen LogP contribution in [0.3, 0.4) is 0 Å². The average molecular weight is 352 g/mol. The third-order valence-corrected chi connectivity index (χ3v) is 5.03. The van der Waals surface area contributed by atoms with Gasteiger partial charge in [-0.2, -0.15) is 0 Å². The molecule has 0 aliphatic carbocycles. The minimum atomic E-state index is -0.144. The highest BCUT2D eigenvalue weighted by atomic mass is 35.5. The van der Waals surface area contributed by atoms with Gasteiger partial charge < -0.3 is 10.2 Å². The van der Waals surface area contributed by atoms with Crippen molar-refractivity contribution in [1.82, 2.24) is 15.1 Å². The predicted octanol–water partition coefficient (Wildman–Crippen LogP) is 2.03. The van der Waals surface area contributed by atoms with Crippen LogP contribution in [-0.2, 0) is 0 Å². The third kappa shape index (κ3) is 3.97. The zero-order chi connectivity index (χ0) is 16.2. The first-order chi connectivity index (χ1) is 11.2. The molecule has 2 heterocycles. The number of piperidine rings is 1. The smallest absolute Gasteiger partial charge is 0.261 e. The van der Waals surface area contributed by atoms with Crippen molar-refractivity contribution >= 4 is 24.2 Å². The van der Waals surface area contributed by atoms with Gasteiger partial charge in [0.25, 0.3) is 11.8 Å². The molecular formula is C18H26ClN3O2. The molecule has 132 valence electrons. The number of carbonyl (C=O) groups is 2. The van der Waals surface area contributed by atoms with E-state index in [-0.39, 0.29) is 24.2 Å². The molecule has 2 aliphatic heterocycles. The number of hydrogen-bond donors (Lipinski definition) is 1. The Balaban J connectivity index is 0.00000208. The quantitative estimate of drug-likeness (QED) is 0.797. The molecular weight excluding hydrogens is 326 g/mol. The maximum Gasteiger partial charge on any atom is 0.261 e. The zero-order valence-corrected chi connectivity index (χ0v) is 15.0. The van der Waals surface area contributed by atoms with Gasteiger partial charge in [-0.1, -0.05) is 12.1 Å². The number of halogens is 1. The molecule has 3 rings (SSSR count). The van der Waals surface area contributed by atoms with Crippen LogP contribution in [0.2, 0.25) is 0 Å². The van der Waals surface area contributed by atoms with E-state index in [4.69, 9.17) is 0 Å². The van der Waals surface area contributed by atoms with Gasteiger partial charge >= 0.3 is 0 Å². The van der Waals surface area contributed by atoms with E-state index in [1.165, 1.54) is 24.2 Å². The molecule has 1 N–H and O–H groups in total. The highest BCUT2D eigenvalue weighted by Crippen LogP contribution is 2.23. The first-order valence-electron chi connectivity index (χ1n) is 8.53. The molecule has 1 aromatic carbocycles. The third-order valence-electron chi connectivity index (χ3n) is 5.03. The number of carbonyl (C=O) groups excluding carboxylic acids is 2. The van der Waals surface area contributed by atoms with Gasteiger partial charge in [-0.3, -0.25) is 14.5 Å². The molecule has 0 atom stereocenters. The van der Waals surface area contributed by atoms with E-state index in [9.17, 15) is 9.59 Å². The lowest BCUT2D eigenvalue weighted by molar-refractivity contribution is 0.0625. The van der Waals surface area contributed by atoms with Crippen molar-refractivity contribution < 1.29 is 9.59 Å². The summed E-state index contributed by atoms with van der Waals surface area (Å²) in [6.07, 6.45) is 3.66. The van der Waals surface area contributed by atoms with E-state index < -0.39 is 0 Å². The minimum absolute atomic E-state index is 0. The number of nitrogens with one attached hydrogen (secondary N) is 1. The largest absolute Gasteiger partial charge is 0.320 e. The Labute approximate surface area is 149 Å². The van der Waals surface area contributed by atoms with Gasteiger partial charge in [0.15, 0.2) is 0 Å². The maximum absolute atomic E-state index is 12.3. The molecule has 0 aromatic heterocycles. The molecule has 1 aromatic rings. The number of likely N-dealkylation sites (tertiary alicyclic amines) is 1. The second-order valence-corrected chi connectivity index (χ2v) is 6.48. The van der Waals surface area contributed by atoms with Gasteiger partial charge in [-0.15, -0.1) is 12.4 Å². The van der Waals surface area contributed by atoms with Gasteiger partial charge in [0, 0.05) is 13.1 Å². The number of rotatable bonds is 6. The second kappa shape index (κ2) is 8.60. The van der Waals surface area contributed by atoms with Crippen molar-refractivity contribution in [2.75, 3.05) is 39.8 Å². The molecule has 0 saturated carbocycles. The van der Waals surface area contributed by atoms with Gasteiger partial charge in [0.2, 0.25) is 0 Å². The summed E-state index contributed by atoms with van der Waals surface area (Å²) < 4.78 is 0. The van der Waals surface area contributed by atoms with Crippen molar-refractivity contribution in [2.45, 2.75) is 19.3 Å². The van der Waals surface area contributed by atoms with E-state index in [1.54, 1.807) is 12.1 Å². The molecule has 0 bridgehead atoms. The highest BCUT2D eigenvalue weighted by Gasteiger charge is 2.35. The minimum Gasteiger partial charge on any atom is -0.320 e. The van der Waals surface area contributed by atoms with E-state index in [0.29, 0.717) is 17.7 Å². The highest BCUT2D eigenvalue weighted by molar-refractivity contribution is 6.21. The van der Waals surface area contributed by atoms with E-state index in [1.807, 2.05) is 19.2 Å². The summed E-state index contributed by atoms with van der Waals surface area (Å²) in [7, 11) is 2.00. The maximum atomic E-state index is 12.3. The Morgan fingerprint density at radius 1 is 1.04 bits per heavy atom. The standard InChI is InChI=1S/C18H25N3O2.ClH/c1-19-9-6-14-7-10-20(11-8-14)12-13-21-17(22)15-4-2-3-5-16(15)18(21)23;/h2-5,14,19H,6-13H2,1H3;1H. The van der Waals surface area contributed by atoms with E-state index >= 15 is 0 Å². The van der Waals surface area contributed by atoms with Gasteiger partial charge in [0.1, 0.15) is 0 Å². The SMILES string of the molecule is CNCCC1CCN(CCN2C(=O)c3ccccc3C2=O)CC1.Cl. The molecule has 24 heavy (non-hydrogen) atoms. The number of amides is 2. The molecule has 1 saturated heterocycles. The normalized spacial score (nSPS) is 18.6. The summed E-state index contributed by atoms with van der Waals surface area (Å²) in [5, 5.41) is 3.21. The summed E-state index contributed by atoms with van der Waals surface area (Å²) >= 11 is 0. The van der Waals surface area contributed by atoms with Gasteiger partial charge in [0.05, 0.1) is 11.1 Å². The van der Waals surface area contributed by atoms with Crippen LogP contribution < -0.4 is 5.32 Å². The van der Waals surface area contributed by atoms with Gasteiger partial charge in [-0.05, 0) is 64.0 Å². The fourth-order valence-electron chi connectivity index (χ4n) is 3.53. The van der Waals surface area contributed by atoms with Crippen molar-refractivity contribution in [2.24, 2.45) is 5.92 Å². The fraction of sp³-hybridized carbons (Fsp3) is 0.556. The second-order valence-electron chi connectivity index (χ2n) is 6.48. The summed E-state index contributed by atoms with van der Waals surface area (Å²) in [5.74, 6) is 0.516. The zero-order valence-electron chi connectivity index (χ0n) is 14.2. The van der Waals surface area contributed by atoms with Crippen molar-refractivity contribution in [1.29, 1.82) is 0 Å². The summed E-state index contributed by atoms with van der Waals surface area (Å²) in [5.41, 5.74) is 1.09. The number of fused-ring (bicyclic) bond motifs is 1. The molecule has 0 radical (unpaired) electrons. The van der Waals surface area contributed by atoms with Crippen LogP contribution in [0.5, 0.6) is 0 Å². The van der Waals surface area contributed by atoms with Crippen LogP contribution in [0.4, 0.5) is 0 Å². The number of hydrogen-bond acceptors (Lipinski definition) is 4. The van der Waals surface area contributed by atoms with Gasteiger partial charge in [-0.25, -0.2) is 0 Å². The Morgan fingerprint density at radius 2 is 1.62 bits per heavy atom. The lowest BCUT2D eigenvalue weighted by Gasteiger charge is -2.32. The summed E-state index contributed by atoms with van der Waals surface area (Å²) in [6.45, 7) is 4.49. The van der Waals surface area contributed by atoms with Crippen LogP contribution in [0.15, 0.2) is 24.3 Å². The van der Waals surface area contributed by atoms with E-state index in [0.717, 1.165) is 32.1 Å². The number of benzene rings is 1. The Morgan fingerprint density at radius 3 is 2.17 bits per heavy atom. The van der Waals surface area contributed by atoms with Crippen molar-refractivity contribution in [3.63, 3.8) is 0 Å². The molecule has 0 unspecified atom stereocenters. The van der Waals surface area contributed by atoms with Crippen LogP contribution in [0, 0.1) is 5.92 Å². The van der Waals surface area contributed by atoms with Crippen molar-refractivity contribution in [3.05, 3.63) is 35.4 Å². The molecule has 2 amide bonds. The lowest BCUT2D eigenvalue weighted by Crippen LogP contribution is -2.41. The molecule has 2 aliphatic rings. The topological polar surface area (TPSA) is 52.6 Å². The van der Waals surface area contributed by atoms with Crippen LogP contribution in [0.25, 0.3) is 0 Å². The number of imide groups is 1. The van der Waals surface area contributed by atoms with Crippen LogP contribution in [0.1, 0.15) is 40.0 Å². The van der Waals surface area contributed by atoms with Crippen LogP contribution >= 0.6 is 12.4 Å². The number of nitrogens with zero attached hydrogens (tertiary/aromatic N) is 2. The summed E-state index contributed by atoms with van der Waals surface area (Å²) in [6, 6.07) is 7.10. The lowest BCUT2D eigenvalue weighted by atomic mass is 9.93.